The number of halogens is 1. The van der Waals surface area contributed by atoms with Crippen LogP contribution in [0.25, 0.3) is 16.2 Å². The van der Waals surface area contributed by atoms with E-state index in [0.717, 1.165) is 59.9 Å². The number of anilines is 2. The molecule has 0 atom stereocenters. The highest BCUT2D eigenvalue weighted by Gasteiger charge is 2.25. The maximum absolute atomic E-state index is 13.8. The molecule has 0 unspecified atom stereocenters. The van der Waals surface area contributed by atoms with Gasteiger partial charge in [0.25, 0.3) is 0 Å². The maximum atomic E-state index is 13.8. The van der Waals surface area contributed by atoms with Crippen molar-refractivity contribution in [3.05, 3.63) is 42.7 Å². The van der Waals surface area contributed by atoms with Crippen molar-refractivity contribution < 1.29 is 4.39 Å². The van der Waals surface area contributed by atoms with E-state index in [-0.39, 0.29) is 11.4 Å². The molecule has 29 heavy (non-hydrogen) atoms. The molecule has 4 rings (SSSR count). The van der Waals surface area contributed by atoms with Gasteiger partial charge in [-0.3, -0.25) is 4.90 Å². The summed E-state index contributed by atoms with van der Waals surface area (Å²) in [6, 6.07) is 6.55. The number of rotatable bonds is 5. The highest BCUT2D eigenvalue weighted by Crippen LogP contribution is 2.35. The minimum Gasteiger partial charge on any atom is -0.364 e. The van der Waals surface area contributed by atoms with Crippen molar-refractivity contribution >= 4 is 27.2 Å². The summed E-state index contributed by atoms with van der Waals surface area (Å²) in [6.45, 7) is 14.9. The first-order valence-electron chi connectivity index (χ1n) is 9.86. The molecule has 6 nitrogen and oxygen atoms in total. The summed E-state index contributed by atoms with van der Waals surface area (Å²) >= 11 is 1.57. The summed E-state index contributed by atoms with van der Waals surface area (Å²) in [5, 5.41) is 9.35. The first-order chi connectivity index (χ1) is 13.8. The molecular weight excluding hydrogens is 387 g/mol. The van der Waals surface area contributed by atoms with E-state index < -0.39 is 0 Å². The summed E-state index contributed by atoms with van der Waals surface area (Å²) in [7, 11) is 0. The Kier molecular flexibility index (Phi) is 5.31. The van der Waals surface area contributed by atoms with Crippen LogP contribution in [-0.2, 0) is 0 Å². The molecule has 1 fully saturated rings. The largest absolute Gasteiger partial charge is 0.364 e. The van der Waals surface area contributed by atoms with Gasteiger partial charge < -0.3 is 10.2 Å². The number of hydrogen-bond donors (Lipinski definition) is 1. The van der Waals surface area contributed by atoms with Crippen LogP contribution < -0.4 is 10.2 Å². The lowest BCUT2D eigenvalue weighted by Gasteiger charge is -2.33. The molecule has 0 spiro atoms. The van der Waals surface area contributed by atoms with E-state index in [0.29, 0.717) is 0 Å². The molecule has 0 aliphatic carbocycles. The quantitative estimate of drug-likeness (QED) is 0.637. The molecule has 1 saturated heterocycles. The zero-order valence-electron chi connectivity index (χ0n) is 17.2. The van der Waals surface area contributed by atoms with Crippen LogP contribution in [0.15, 0.2) is 36.9 Å². The van der Waals surface area contributed by atoms with Gasteiger partial charge >= 0.3 is 0 Å². The van der Waals surface area contributed by atoms with Crippen molar-refractivity contribution in [3.63, 3.8) is 0 Å². The number of piperazine rings is 1. The van der Waals surface area contributed by atoms with E-state index in [1.807, 2.05) is 16.7 Å². The monoisotopic (exact) mass is 414 g/mol. The van der Waals surface area contributed by atoms with Crippen LogP contribution in [0, 0.1) is 5.82 Å². The number of nitrogens with one attached hydrogen (secondary N) is 1. The average Bonchev–Trinajstić information content (AvgIpc) is 3.21. The molecule has 0 radical (unpaired) electrons. The van der Waals surface area contributed by atoms with Crippen molar-refractivity contribution in [2.24, 2.45) is 0 Å². The van der Waals surface area contributed by atoms with E-state index in [1.54, 1.807) is 17.4 Å². The van der Waals surface area contributed by atoms with Crippen molar-refractivity contribution in [2.45, 2.75) is 26.3 Å². The predicted molar refractivity (Wildman–Crippen MR) is 118 cm³/mol. The third-order valence-electron chi connectivity index (χ3n) is 4.81. The Morgan fingerprint density at radius 3 is 2.66 bits per heavy atom. The van der Waals surface area contributed by atoms with Crippen molar-refractivity contribution in [1.82, 2.24) is 19.5 Å². The lowest BCUT2D eigenvalue weighted by molar-refractivity contribution is 0.284. The first kappa shape index (κ1) is 19.8. The summed E-state index contributed by atoms with van der Waals surface area (Å²) < 4.78 is 15.7. The highest BCUT2D eigenvalue weighted by molar-refractivity contribution is 7.20. The van der Waals surface area contributed by atoms with E-state index in [4.69, 9.17) is 10.1 Å². The summed E-state index contributed by atoms with van der Waals surface area (Å²) in [5.41, 5.74) is 1.28. The smallest absolute Gasteiger partial charge is 0.216 e. The van der Waals surface area contributed by atoms with Gasteiger partial charge in [-0.05, 0) is 32.9 Å². The second kappa shape index (κ2) is 7.76. The molecule has 1 N–H and O–H groups in total. The van der Waals surface area contributed by atoms with E-state index >= 15 is 0 Å². The van der Waals surface area contributed by atoms with Gasteiger partial charge in [-0.2, -0.15) is 4.52 Å². The fourth-order valence-corrected chi connectivity index (χ4v) is 4.43. The summed E-state index contributed by atoms with van der Waals surface area (Å²) in [4.78, 5) is 10.3. The van der Waals surface area contributed by atoms with Gasteiger partial charge in [-0.25, -0.2) is 9.37 Å². The Hall–Kier alpha value is -2.45. The normalized spacial score (nSPS) is 15.8. The third-order valence-corrected chi connectivity index (χ3v) is 5.78. The van der Waals surface area contributed by atoms with Crippen LogP contribution in [0.3, 0.4) is 0 Å². The van der Waals surface area contributed by atoms with Gasteiger partial charge in [-0.1, -0.05) is 29.5 Å². The van der Waals surface area contributed by atoms with Crippen LogP contribution in [0.1, 0.15) is 20.8 Å². The topological polar surface area (TPSA) is 48.7 Å². The van der Waals surface area contributed by atoms with Gasteiger partial charge in [0.05, 0.1) is 0 Å². The van der Waals surface area contributed by atoms with Gasteiger partial charge in [0.1, 0.15) is 11.5 Å². The van der Waals surface area contributed by atoms with Crippen molar-refractivity contribution in [3.8, 4) is 11.3 Å². The van der Waals surface area contributed by atoms with Crippen LogP contribution >= 0.6 is 11.3 Å². The van der Waals surface area contributed by atoms with Gasteiger partial charge in [-0.15, -0.1) is 11.7 Å². The predicted octanol–water partition coefficient (Wildman–Crippen LogP) is 4.12. The lowest BCUT2D eigenvalue weighted by Crippen LogP contribution is -2.46. The van der Waals surface area contributed by atoms with Crippen LogP contribution in [0.5, 0.6) is 0 Å². The number of imidazole rings is 1. The Morgan fingerprint density at radius 2 is 2.00 bits per heavy atom. The number of hydrogen-bond acceptors (Lipinski definition) is 6. The molecule has 3 aromatic rings. The van der Waals surface area contributed by atoms with Gasteiger partial charge in [0.15, 0.2) is 5.82 Å². The Bertz CT molecular complexity index is 1010. The fraction of sp³-hybridized carbons (Fsp3) is 0.429. The summed E-state index contributed by atoms with van der Waals surface area (Å²) in [5.74, 6) is 0.525. The molecule has 1 aliphatic heterocycles. The maximum Gasteiger partial charge on any atom is 0.216 e. The van der Waals surface area contributed by atoms with Crippen LogP contribution in [-0.4, -0.2) is 57.8 Å². The molecule has 0 saturated carbocycles. The fourth-order valence-electron chi connectivity index (χ4n) is 3.47. The molecule has 2 aromatic heterocycles. The first-order valence-corrected chi connectivity index (χ1v) is 10.7. The second-order valence-corrected chi connectivity index (χ2v) is 9.28. The molecule has 1 aromatic carbocycles. The molecular formula is C21H27FN6S. The van der Waals surface area contributed by atoms with E-state index in [1.165, 1.54) is 12.1 Å². The molecule has 154 valence electrons. The van der Waals surface area contributed by atoms with Gasteiger partial charge in [0, 0.05) is 43.8 Å². The minimum atomic E-state index is -0.272. The molecule has 8 heteroatoms. The molecule has 0 amide bonds. The third kappa shape index (κ3) is 4.28. The Balaban J connectivity index is 1.69. The molecule has 3 heterocycles. The van der Waals surface area contributed by atoms with Crippen LogP contribution in [0.4, 0.5) is 15.3 Å². The number of aromatic nitrogens is 3. The number of benzene rings is 1. The highest BCUT2D eigenvalue weighted by atomic mass is 32.1. The van der Waals surface area contributed by atoms with E-state index in [2.05, 4.69) is 42.5 Å². The van der Waals surface area contributed by atoms with Crippen LogP contribution in [0.2, 0.25) is 0 Å². The second-order valence-electron chi connectivity index (χ2n) is 8.35. The number of fused-ring (bicyclic) bond motifs is 1. The number of nitrogens with zero attached hydrogens (tertiary/aromatic N) is 5. The average molecular weight is 415 g/mol. The van der Waals surface area contributed by atoms with Crippen molar-refractivity contribution in [1.29, 1.82) is 0 Å². The van der Waals surface area contributed by atoms with E-state index in [9.17, 15) is 4.39 Å². The lowest BCUT2D eigenvalue weighted by atomic mass is 10.1. The Morgan fingerprint density at radius 1 is 1.24 bits per heavy atom. The Labute approximate surface area is 174 Å². The zero-order chi connectivity index (χ0) is 20.6. The molecule has 1 aliphatic rings. The standard InChI is InChI=1S/C21H27FN6S/c1-5-9-26-10-12-27(13-11-26)20-25-28-18(24-21(2,3)4)17(23-19(28)29-20)15-7-6-8-16(22)14-15/h5-8,14,24H,1,9-13H2,2-4H3. The van der Waals surface area contributed by atoms with Gasteiger partial charge in [0.2, 0.25) is 10.1 Å². The van der Waals surface area contributed by atoms with Crippen molar-refractivity contribution in [2.75, 3.05) is 42.9 Å². The molecule has 0 bridgehead atoms. The minimum absolute atomic E-state index is 0.182. The SMILES string of the molecule is C=CCN1CCN(c2nn3c(NC(C)(C)C)c(-c4cccc(F)c4)nc3s2)CC1. The zero-order valence-corrected chi connectivity index (χ0v) is 18.0. The summed E-state index contributed by atoms with van der Waals surface area (Å²) in [6.07, 6.45) is 1.95.